The number of nitrogens with two attached hydrogens (primary N) is 1. The van der Waals surface area contributed by atoms with Crippen molar-refractivity contribution in [1.29, 1.82) is 0 Å². The van der Waals surface area contributed by atoms with Crippen molar-refractivity contribution in [3.8, 4) is 28.1 Å². The van der Waals surface area contributed by atoms with Crippen LogP contribution < -0.4 is 10.5 Å². The van der Waals surface area contributed by atoms with Crippen molar-refractivity contribution < 1.29 is 19.1 Å². The molecule has 0 spiro atoms. The molecule has 1 aromatic heterocycles. The molecule has 8 nitrogen and oxygen atoms in total. The second-order valence-corrected chi connectivity index (χ2v) is 10.1. The molecule has 0 radical (unpaired) electrons. The molecular formula is C29H32N4O4. The summed E-state index contributed by atoms with van der Waals surface area (Å²) in [5.41, 5.74) is 10.4. The van der Waals surface area contributed by atoms with Gasteiger partial charge in [0.25, 0.3) is 5.91 Å². The fourth-order valence-corrected chi connectivity index (χ4v) is 3.99. The lowest BCUT2D eigenvalue weighted by atomic mass is 9.97. The maximum Gasteiger partial charge on any atom is 0.313 e. The number of carbonyl (C=O) groups is 2. The van der Waals surface area contributed by atoms with Gasteiger partial charge in [0.2, 0.25) is 0 Å². The lowest BCUT2D eigenvalue weighted by molar-refractivity contribution is -0.157. The SMILES string of the molecule is COc1ccccc1-c1nn(COC(=O)C(C)(C)C)c2ccc(-c3ccc(N)c(C(=O)N(C)C)c3)cc12. The van der Waals surface area contributed by atoms with Gasteiger partial charge < -0.3 is 20.1 Å². The van der Waals surface area contributed by atoms with Gasteiger partial charge in [0.15, 0.2) is 6.73 Å². The molecule has 4 rings (SSSR count). The van der Waals surface area contributed by atoms with Crippen LogP contribution in [0.15, 0.2) is 60.7 Å². The number of aromatic nitrogens is 2. The summed E-state index contributed by atoms with van der Waals surface area (Å²) in [5.74, 6) is 0.202. The Morgan fingerprint density at radius 1 is 1.00 bits per heavy atom. The summed E-state index contributed by atoms with van der Waals surface area (Å²) in [6.45, 7) is 5.41. The fourth-order valence-electron chi connectivity index (χ4n) is 3.99. The predicted octanol–water partition coefficient (Wildman–Crippen LogP) is 5.21. The minimum absolute atomic E-state index is 0.0234. The highest BCUT2D eigenvalue weighted by Crippen LogP contribution is 2.37. The highest BCUT2D eigenvalue weighted by Gasteiger charge is 2.24. The van der Waals surface area contributed by atoms with Crippen molar-refractivity contribution in [3.63, 3.8) is 0 Å². The number of rotatable bonds is 6. The Kier molecular flexibility index (Phi) is 6.94. The highest BCUT2D eigenvalue weighted by molar-refractivity contribution is 6.01. The molecule has 0 unspecified atom stereocenters. The molecule has 3 aromatic carbocycles. The van der Waals surface area contributed by atoms with E-state index < -0.39 is 5.41 Å². The number of nitrogens with zero attached hydrogens (tertiary/aromatic N) is 3. The number of nitrogen functional groups attached to an aromatic ring is 1. The van der Waals surface area contributed by atoms with Crippen LogP contribution in [0.25, 0.3) is 33.3 Å². The number of fused-ring (bicyclic) bond motifs is 1. The number of anilines is 1. The van der Waals surface area contributed by atoms with Crippen molar-refractivity contribution in [2.75, 3.05) is 26.9 Å². The van der Waals surface area contributed by atoms with E-state index in [-0.39, 0.29) is 18.6 Å². The molecule has 0 saturated heterocycles. The molecule has 0 fully saturated rings. The van der Waals surface area contributed by atoms with Crippen molar-refractivity contribution in [2.45, 2.75) is 27.5 Å². The predicted molar refractivity (Wildman–Crippen MR) is 145 cm³/mol. The molecular weight excluding hydrogens is 468 g/mol. The summed E-state index contributed by atoms with van der Waals surface area (Å²) in [7, 11) is 5.01. The van der Waals surface area contributed by atoms with E-state index in [0.717, 1.165) is 27.6 Å². The number of ether oxygens (including phenoxy) is 2. The van der Waals surface area contributed by atoms with Crippen molar-refractivity contribution in [2.24, 2.45) is 5.41 Å². The molecule has 0 aliphatic rings. The van der Waals surface area contributed by atoms with Crippen LogP contribution in [0, 0.1) is 5.41 Å². The van der Waals surface area contributed by atoms with E-state index in [0.29, 0.717) is 22.7 Å². The van der Waals surface area contributed by atoms with Gasteiger partial charge in [-0.2, -0.15) is 5.10 Å². The zero-order valence-corrected chi connectivity index (χ0v) is 22.0. The Hall–Kier alpha value is -4.33. The summed E-state index contributed by atoms with van der Waals surface area (Å²) in [4.78, 5) is 26.6. The van der Waals surface area contributed by atoms with Crippen LogP contribution >= 0.6 is 0 Å². The summed E-state index contributed by atoms with van der Waals surface area (Å²) in [6, 6.07) is 19.0. The standard InChI is InChI=1S/C29H32N4O4/c1-29(2,3)28(35)37-17-33-24-14-12-19(18-11-13-23(30)21(15-18)27(34)32(4)5)16-22(24)26(31-33)20-9-7-8-10-25(20)36-6/h7-16H,17,30H2,1-6H3. The third-order valence-electron chi connectivity index (χ3n) is 6.07. The molecule has 8 heteroatoms. The minimum atomic E-state index is -0.627. The van der Waals surface area contributed by atoms with Crippen molar-refractivity contribution >= 4 is 28.5 Å². The lowest BCUT2D eigenvalue weighted by Gasteiger charge is -2.16. The van der Waals surface area contributed by atoms with Crippen LogP contribution in [0.3, 0.4) is 0 Å². The first-order valence-electron chi connectivity index (χ1n) is 11.9. The van der Waals surface area contributed by atoms with Gasteiger partial charge in [-0.3, -0.25) is 9.59 Å². The smallest absolute Gasteiger partial charge is 0.313 e. The van der Waals surface area contributed by atoms with Gasteiger partial charge in [-0.25, -0.2) is 4.68 Å². The summed E-state index contributed by atoms with van der Waals surface area (Å²) in [5, 5.41) is 5.67. The first-order chi connectivity index (χ1) is 17.5. The second-order valence-electron chi connectivity index (χ2n) is 10.1. The van der Waals surface area contributed by atoms with Crippen LogP contribution in [0.5, 0.6) is 5.75 Å². The minimum Gasteiger partial charge on any atom is -0.496 e. The number of amides is 1. The van der Waals surface area contributed by atoms with Gasteiger partial charge in [0.05, 0.1) is 23.6 Å². The summed E-state index contributed by atoms with van der Waals surface area (Å²) < 4.78 is 12.9. The van der Waals surface area contributed by atoms with Gasteiger partial charge in [-0.15, -0.1) is 0 Å². The third-order valence-corrected chi connectivity index (χ3v) is 6.07. The zero-order chi connectivity index (χ0) is 26.9. The molecule has 1 amide bonds. The lowest BCUT2D eigenvalue weighted by Crippen LogP contribution is -2.24. The largest absolute Gasteiger partial charge is 0.496 e. The number of esters is 1. The quantitative estimate of drug-likeness (QED) is 0.288. The molecule has 4 aromatic rings. The average Bonchev–Trinajstić information content (AvgIpc) is 3.24. The van der Waals surface area contributed by atoms with Gasteiger partial charge in [-0.1, -0.05) is 24.3 Å². The Morgan fingerprint density at radius 3 is 2.35 bits per heavy atom. The monoisotopic (exact) mass is 500 g/mol. The van der Waals surface area contributed by atoms with Crippen LogP contribution in [0.1, 0.15) is 31.1 Å². The number of benzene rings is 3. The van der Waals surface area contributed by atoms with Gasteiger partial charge >= 0.3 is 5.97 Å². The molecule has 0 bridgehead atoms. The van der Waals surface area contributed by atoms with Gasteiger partial charge in [0.1, 0.15) is 11.4 Å². The average molecular weight is 501 g/mol. The second kappa shape index (κ2) is 9.97. The number of para-hydroxylation sites is 1. The van der Waals surface area contributed by atoms with E-state index in [4.69, 9.17) is 20.3 Å². The van der Waals surface area contributed by atoms with E-state index in [1.807, 2.05) is 69.3 Å². The molecule has 0 saturated carbocycles. The zero-order valence-electron chi connectivity index (χ0n) is 22.0. The maximum absolute atomic E-state index is 12.6. The summed E-state index contributed by atoms with van der Waals surface area (Å²) >= 11 is 0. The van der Waals surface area contributed by atoms with Gasteiger partial charge in [0, 0.05) is 30.7 Å². The fraction of sp³-hybridized carbons (Fsp3) is 0.276. The van der Waals surface area contributed by atoms with Crippen molar-refractivity contribution in [1.82, 2.24) is 14.7 Å². The third kappa shape index (κ3) is 5.14. The molecule has 0 aliphatic carbocycles. The van der Waals surface area contributed by atoms with E-state index in [9.17, 15) is 9.59 Å². The summed E-state index contributed by atoms with van der Waals surface area (Å²) in [6.07, 6.45) is 0. The van der Waals surface area contributed by atoms with Crippen LogP contribution in [-0.2, 0) is 16.3 Å². The van der Waals surface area contributed by atoms with Crippen molar-refractivity contribution in [3.05, 3.63) is 66.2 Å². The first-order valence-corrected chi connectivity index (χ1v) is 11.9. The van der Waals surface area contributed by atoms with Gasteiger partial charge in [-0.05, 0) is 68.3 Å². The molecule has 192 valence electrons. The first kappa shape index (κ1) is 25.8. The van der Waals surface area contributed by atoms with E-state index in [1.165, 1.54) is 4.90 Å². The van der Waals surface area contributed by atoms with Crippen LogP contribution in [0.2, 0.25) is 0 Å². The molecule has 2 N–H and O–H groups in total. The normalized spacial score (nSPS) is 11.4. The van der Waals surface area contributed by atoms with Crippen LogP contribution in [-0.4, -0.2) is 47.8 Å². The number of carbonyl (C=O) groups excluding carboxylic acids is 2. The van der Waals surface area contributed by atoms with E-state index >= 15 is 0 Å². The molecule has 1 heterocycles. The topological polar surface area (TPSA) is 99.7 Å². The van der Waals surface area contributed by atoms with E-state index in [2.05, 4.69) is 0 Å². The molecule has 37 heavy (non-hydrogen) atoms. The Bertz CT molecular complexity index is 1480. The Balaban J connectivity index is 1.86. The number of hydrogen-bond acceptors (Lipinski definition) is 6. The number of hydrogen-bond donors (Lipinski definition) is 1. The highest BCUT2D eigenvalue weighted by atomic mass is 16.5. The Labute approximate surface area is 216 Å². The molecule has 0 atom stereocenters. The maximum atomic E-state index is 12.6. The Morgan fingerprint density at radius 2 is 1.68 bits per heavy atom. The molecule has 0 aliphatic heterocycles. The number of methoxy groups -OCH3 is 1. The van der Waals surface area contributed by atoms with Crippen LogP contribution in [0.4, 0.5) is 5.69 Å². The van der Waals surface area contributed by atoms with E-state index in [1.54, 1.807) is 38.0 Å².